The highest BCUT2D eigenvalue weighted by atomic mass is 32.1. The van der Waals surface area contributed by atoms with Crippen molar-refractivity contribution in [3.63, 3.8) is 0 Å². The Morgan fingerprint density at radius 2 is 2.24 bits per heavy atom. The first kappa shape index (κ1) is 14.7. The van der Waals surface area contributed by atoms with Crippen molar-refractivity contribution in [3.8, 4) is 0 Å². The van der Waals surface area contributed by atoms with Crippen molar-refractivity contribution in [1.82, 2.24) is 10.6 Å². The number of hydrogen-bond donors (Lipinski definition) is 2. The van der Waals surface area contributed by atoms with Crippen LogP contribution in [-0.4, -0.2) is 31.4 Å². The summed E-state index contributed by atoms with van der Waals surface area (Å²) < 4.78 is 5.00. The molecule has 0 bridgehead atoms. The van der Waals surface area contributed by atoms with Gasteiger partial charge in [0.25, 0.3) is 0 Å². The summed E-state index contributed by atoms with van der Waals surface area (Å²) >= 11 is 5.30. The van der Waals surface area contributed by atoms with E-state index in [1.54, 1.807) is 7.11 Å². The molecule has 0 heterocycles. The van der Waals surface area contributed by atoms with E-state index in [2.05, 4.69) is 24.5 Å². The summed E-state index contributed by atoms with van der Waals surface area (Å²) in [5, 5.41) is 7.46. The van der Waals surface area contributed by atoms with Gasteiger partial charge in [0.1, 0.15) is 0 Å². The molecule has 3 nitrogen and oxygen atoms in total. The van der Waals surface area contributed by atoms with Gasteiger partial charge in [-0.15, -0.1) is 0 Å². The normalized spacial score (nSPS) is 23.1. The molecule has 0 aliphatic heterocycles. The maximum absolute atomic E-state index is 5.30. The van der Waals surface area contributed by atoms with Crippen LogP contribution in [0, 0.1) is 5.41 Å². The minimum atomic E-state index is 0.460. The minimum Gasteiger partial charge on any atom is -0.385 e. The van der Waals surface area contributed by atoms with Crippen molar-refractivity contribution in [2.45, 2.75) is 52.0 Å². The summed E-state index contributed by atoms with van der Waals surface area (Å²) in [5.74, 6) is 0. The minimum absolute atomic E-state index is 0.460. The summed E-state index contributed by atoms with van der Waals surface area (Å²) in [6, 6.07) is 0.543. The van der Waals surface area contributed by atoms with E-state index in [1.165, 1.54) is 25.7 Å². The molecule has 1 saturated carbocycles. The molecule has 1 fully saturated rings. The van der Waals surface area contributed by atoms with Gasteiger partial charge < -0.3 is 15.4 Å². The zero-order valence-corrected chi connectivity index (χ0v) is 12.2. The SMILES string of the molecule is COCCCNC(=S)NC1CCCC(C)(C)C1. The number of hydrogen-bond acceptors (Lipinski definition) is 2. The lowest BCUT2D eigenvalue weighted by atomic mass is 9.75. The van der Waals surface area contributed by atoms with Crippen LogP contribution in [0.1, 0.15) is 46.0 Å². The molecule has 0 aromatic heterocycles. The second kappa shape index (κ2) is 7.17. The Morgan fingerprint density at radius 1 is 1.47 bits per heavy atom. The van der Waals surface area contributed by atoms with Crippen LogP contribution < -0.4 is 10.6 Å². The Kier molecular flexibility index (Phi) is 6.20. The number of thiocarbonyl (C=S) groups is 1. The van der Waals surface area contributed by atoms with Gasteiger partial charge in [-0.2, -0.15) is 0 Å². The quantitative estimate of drug-likeness (QED) is 0.586. The maximum Gasteiger partial charge on any atom is 0.166 e. The zero-order valence-electron chi connectivity index (χ0n) is 11.3. The lowest BCUT2D eigenvalue weighted by Crippen LogP contribution is -2.45. The molecule has 0 radical (unpaired) electrons. The largest absolute Gasteiger partial charge is 0.385 e. The fraction of sp³-hybridized carbons (Fsp3) is 0.923. The van der Waals surface area contributed by atoms with E-state index < -0.39 is 0 Å². The fourth-order valence-corrected chi connectivity index (χ4v) is 2.74. The molecule has 0 aromatic rings. The smallest absolute Gasteiger partial charge is 0.166 e. The molecule has 0 amide bonds. The summed E-state index contributed by atoms with van der Waals surface area (Å²) in [7, 11) is 1.72. The van der Waals surface area contributed by atoms with Gasteiger partial charge in [0.15, 0.2) is 5.11 Å². The first-order chi connectivity index (χ1) is 8.03. The summed E-state index contributed by atoms with van der Waals surface area (Å²) in [5.41, 5.74) is 0.460. The van der Waals surface area contributed by atoms with Gasteiger partial charge in [-0.1, -0.05) is 20.3 Å². The molecule has 17 heavy (non-hydrogen) atoms. The number of rotatable bonds is 5. The van der Waals surface area contributed by atoms with E-state index >= 15 is 0 Å². The van der Waals surface area contributed by atoms with E-state index in [0.717, 1.165) is 24.7 Å². The Balaban J connectivity index is 2.17. The monoisotopic (exact) mass is 258 g/mol. The molecule has 1 rings (SSSR count). The van der Waals surface area contributed by atoms with Gasteiger partial charge in [0.05, 0.1) is 0 Å². The molecule has 1 unspecified atom stereocenters. The van der Waals surface area contributed by atoms with Crippen LogP contribution in [0.3, 0.4) is 0 Å². The summed E-state index contributed by atoms with van der Waals surface area (Å²) in [6.45, 7) is 6.35. The standard InChI is InChI=1S/C13H26N2OS/c1-13(2)7-4-6-11(10-13)15-12(17)14-8-5-9-16-3/h11H,4-10H2,1-3H3,(H2,14,15,17). The van der Waals surface area contributed by atoms with E-state index in [4.69, 9.17) is 17.0 Å². The van der Waals surface area contributed by atoms with Crippen molar-refractivity contribution in [2.24, 2.45) is 5.41 Å². The Morgan fingerprint density at radius 3 is 2.88 bits per heavy atom. The highest BCUT2D eigenvalue weighted by molar-refractivity contribution is 7.80. The highest BCUT2D eigenvalue weighted by Gasteiger charge is 2.27. The first-order valence-corrected chi connectivity index (χ1v) is 6.98. The van der Waals surface area contributed by atoms with Gasteiger partial charge in [0.2, 0.25) is 0 Å². The number of nitrogens with one attached hydrogen (secondary N) is 2. The van der Waals surface area contributed by atoms with Gasteiger partial charge >= 0.3 is 0 Å². The van der Waals surface area contributed by atoms with Crippen molar-refractivity contribution in [1.29, 1.82) is 0 Å². The van der Waals surface area contributed by atoms with Crippen molar-refractivity contribution >= 4 is 17.3 Å². The maximum atomic E-state index is 5.30. The van der Waals surface area contributed by atoms with Crippen LogP contribution >= 0.6 is 12.2 Å². The van der Waals surface area contributed by atoms with Crippen molar-refractivity contribution in [3.05, 3.63) is 0 Å². The first-order valence-electron chi connectivity index (χ1n) is 6.57. The van der Waals surface area contributed by atoms with Crippen LogP contribution in [0.15, 0.2) is 0 Å². The van der Waals surface area contributed by atoms with E-state index in [9.17, 15) is 0 Å². The van der Waals surface area contributed by atoms with Gasteiger partial charge in [-0.3, -0.25) is 0 Å². The average Bonchev–Trinajstić information content (AvgIpc) is 2.23. The highest BCUT2D eigenvalue weighted by Crippen LogP contribution is 2.34. The average molecular weight is 258 g/mol. The third kappa shape index (κ3) is 6.22. The van der Waals surface area contributed by atoms with E-state index in [1.807, 2.05) is 0 Å². The second-order valence-corrected chi connectivity index (χ2v) is 6.11. The molecule has 100 valence electrons. The third-order valence-electron chi connectivity index (χ3n) is 3.35. The van der Waals surface area contributed by atoms with Crippen LogP contribution in [0.4, 0.5) is 0 Å². The van der Waals surface area contributed by atoms with Crippen LogP contribution in [-0.2, 0) is 4.74 Å². The molecule has 2 N–H and O–H groups in total. The Labute approximate surface area is 111 Å². The number of ether oxygens (including phenoxy) is 1. The third-order valence-corrected chi connectivity index (χ3v) is 3.61. The molecule has 1 aliphatic rings. The predicted octanol–water partition coefficient (Wildman–Crippen LogP) is 2.46. The summed E-state index contributed by atoms with van der Waals surface area (Å²) in [4.78, 5) is 0. The Bertz CT molecular complexity index is 244. The lowest BCUT2D eigenvalue weighted by molar-refractivity contribution is 0.195. The number of methoxy groups -OCH3 is 1. The molecule has 1 aliphatic carbocycles. The van der Waals surface area contributed by atoms with Crippen molar-refractivity contribution in [2.75, 3.05) is 20.3 Å². The molecule has 0 spiro atoms. The van der Waals surface area contributed by atoms with Crippen molar-refractivity contribution < 1.29 is 4.74 Å². The van der Waals surface area contributed by atoms with Crippen LogP contribution in [0.5, 0.6) is 0 Å². The topological polar surface area (TPSA) is 33.3 Å². The second-order valence-electron chi connectivity index (χ2n) is 5.70. The van der Waals surface area contributed by atoms with Crippen LogP contribution in [0.25, 0.3) is 0 Å². The van der Waals surface area contributed by atoms with Gasteiger partial charge in [-0.25, -0.2) is 0 Å². The lowest BCUT2D eigenvalue weighted by Gasteiger charge is -2.36. The predicted molar refractivity (Wildman–Crippen MR) is 76.3 cm³/mol. The van der Waals surface area contributed by atoms with Gasteiger partial charge in [0, 0.05) is 26.3 Å². The molecular formula is C13H26N2OS. The zero-order chi connectivity index (χ0) is 12.7. The molecular weight excluding hydrogens is 232 g/mol. The molecule has 4 heteroatoms. The molecule has 1 atom stereocenters. The molecule has 0 aromatic carbocycles. The van der Waals surface area contributed by atoms with E-state index in [-0.39, 0.29) is 0 Å². The molecule has 0 saturated heterocycles. The van der Waals surface area contributed by atoms with E-state index in [0.29, 0.717) is 11.5 Å². The fourth-order valence-electron chi connectivity index (χ4n) is 2.48. The summed E-state index contributed by atoms with van der Waals surface area (Å²) in [6.07, 6.45) is 6.08. The van der Waals surface area contributed by atoms with Crippen LogP contribution in [0.2, 0.25) is 0 Å². The Hall–Kier alpha value is -0.350. The van der Waals surface area contributed by atoms with Gasteiger partial charge in [-0.05, 0) is 43.3 Å².